The fourth-order valence-corrected chi connectivity index (χ4v) is 6.61. The van der Waals surface area contributed by atoms with E-state index in [1.165, 1.54) is 45.2 Å². The van der Waals surface area contributed by atoms with Gasteiger partial charge in [-0.05, 0) is 44.4 Å². The molecule has 1 N–H and O–H groups in total. The van der Waals surface area contributed by atoms with Crippen LogP contribution in [0.25, 0.3) is 11.3 Å². The largest absolute Gasteiger partial charge is 0.417 e. The summed E-state index contributed by atoms with van der Waals surface area (Å²) in [7, 11) is 1.57. The van der Waals surface area contributed by atoms with E-state index in [0.717, 1.165) is 31.7 Å². The minimum absolute atomic E-state index is 0.0683. The van der Waals surface area contributed by atoms with Gasteiger partial charge in [-0.3, -0.25) is 24.1 Å². The molecule has 1 aliphatic carbocycles. The topological polar surface area (TPSA) is 83.4 Å². The zero-order valence-corrected chi connectivity index (χ0v) is 25.1. The summed E-state index contributed by atoms with van der Waals surface area (Å²) in [6.07, 6.45) is 0.470. The molecule has 1 saturated heterocycles. The lowest BCUT2D eigenvalue weighted by molar-refractivity contribution is -0.137. The number of hydrogen-bond donors (Lipinski definition) is 1. The molecule has 0 bridgehead atoms. The van der Waals surface area contributed by atoms with Gasteiger partial charge >= 0.3 is 6.18 Å². The van der Waals surface area contributed by atoms with E-state index in [1.807, 2.05) is 0 Å². The zero-order chi connectivity index (χ0) is 31.5. The molecule has 14 heteroatoms. The van der Waals surface area contributed by atoms with E-state index >= 15 is 0 Å². The Labute approximate surface area is 256 Å². The molecular weight excluding hydrogens is 603 g/mol. The number of amides is 2. The number of nitrogens with one attached hydrogen (secondary N) is 1. The number of carbonyl (C=O) groups excluding carboxylic acids is 2. The molecule has 1 aliphatic heterocycles. The molecule has 1 saturated carbocycles. The van der Waals surface area contributed by atoms with E-state index < -0.39 is 36.2 Å². The molecule has 5 rings (SSSR count). The van der Waals surface area contributed by atoms with Gasteiger partial charge in [0, 0.05) is 49.6 Å². The van der Waals surface area contributed by atoms with Crippen molar-refractivity contribution in [1.82, 2.24) is 25.0 Å². The van der Waals surface area contributed by atoms with E-state index in [1.54, 1.807) is 23.5 Å². The van der Waals surface area contributed by atoms with Gasteiger partial charge in [-0.1, -0.05) is 31.0 Å². The van der Waals surface area contributed by atoms with Gasteiger partial charge in [0.1, 0.15) is 0 Å². The minimum Gasteiger partial charge on any atom is -0.347 e. The smallest absolute Gasteiger partial charge is 0.347 e. The number of benzene rings is 1. The molecule has 238 valence electrons. The maximum Gasteiger partial charge on any atom is 0.417 e. The molecule has 44 heavy (non-hydrogen) atoms. The lowest BCUT2D eigenvalue weighted by Gasteiger charge is -2.33. The van der Waals surface area contributed by atoms with Gasteiger partial charge in [-0.2, -0.15) is 18.3 Å². The number of piperidine rings is 1. The third kappa shape index (κ3) is 7.63. The summed E-state index contributed by atoms with van der Waals surface area (Å²) < 4.78 is 71.5. The summed E-state index contributed by atoms with van der Waals surface area (Å²) >= 11 is 1.27. The van der Waals surface area contributed by atoms with Crippen molar-refractivity contribution in [3.63, 3.8) is 0 Å². The van der Waals surface area contributed by atoms with Crippen molar-refractivity contribution in [1.29, 1.82) is 0 Å². The first kappa shape index (κ1) is 32.0. The second-order valence-corrected chi connectivity index (χ2v) is 12.4. The first-order chi connectivity index (χ1) is 20.9. The molecule has 8 nitrogen and oxygen atoms in total. The van der Waals surface area contributed by atoms with Crippen molar-refractivity contribution < 1.29 is 31.5 Å². The molecule has 1 atom stereocenters. The molecule has 2 amide bonds. The number of likely N-dealkylation sites (tertiary alicyclic amines) is 1. The Morgan fingerprint density at radius 2 is 1.93 bits per heavy atom. The number of nitrogens with zero attached hydrogens (tertiary/aromatic N) is 5. The van der Waals surface area contributed by atoms with Crippen molar-refractivity contribution >= 4 is 28.3 Å². The van der Waals surface area contributed by atoms with E-state index in [9.17, 15) is 31.5 Å². The highest BCUT2D eigenvalue weighted by atomic mass is 32.1. The second kappa shape index (κ2) is 13.3. The summed E-state index contributed by atoms with van der Waals surface area (Å²) in [6.45, 7) is 0.320. The number of hydrogen-bond acceptors (Lipinski definition) is 6. The van der Waals surface area contributed by atoms with E-state index in [0.29, 0.717) is 18.1 Å². The van der Waals surface area contributed by atoms with Gasteiger partial charge in [0.15, 0.2) is 10.8 Å². The molecule has 1 aromatic carbocycles. The van der Waals surface area contributed by atoms with Crippen LogP contribution in [0.4, 0.5) is 27.1 Å². The van der Waals surface area contributed by atoms with Crippen molar-refractivity contribution in [2.75, 3.05) is 31.6 Å². The number of rotatable bonds is 10. The van der Waals surface area contributed by atoms with E-state index in [4.69, 9.17) is 0 Å². The SMILES string of the molecule is CN(C(=O)C[C@H](CCN1CCCC(F)(F)C1)NC(=O)c1cc(-c2ccccc2C(F)(F)F)n(C2CCCC2)n1)c1nccs1. The molecule has 0 spiro atoms. The summed E-state index contributed by atoms with van der Waals surface area (Å²) in [5.41, 5.74) is -0.764. The van der Waals surface area contributed by atoms with Gasteiger partial charge in [-0.15, -0.1) is 11.3 Å². The number of alkyl halides is 5. The number of halogens is 5. The van der Waals surface area contributed by atoms with E-state index in [-0.39, 0.29) is 54.7 Å². The van der Waals surface area contributed by atoms with Crippen LogP contribution in [-0.4, -0.2) is 70.1 Å². The van der Waals surface area contributed by atoms with Gasteiger partial charge in [0.25, 0.3) is 11.8 Å². The van der Waals surface area contributed by atoms with Crippen LogP contribution in [0, 0.1) is 0 Å². The maximum atomic E-state index is 14.0. The Balaban J connectivity index is 1.40. The Morgan fingerprint density at radius 3 is 2.61 bits per heavy atom. The number of carbonyl (C=O) groups is 2. The first-order valence-electron chi connectivity index (χ1n) is 14.7. The highest BCUT2D eigenvalue weighted by molar-refractivity contribution is 7.13. The highest BCUT2D eigenvalue weighted by Crippen LogP contribution is 2.40. The maximum absolute atomic E-state index is 14.0. The Hall–Kier alpha value is -3.39. The summed E-state index contributed by atoms with van der Waals surface area (Å²) in [5.74, 6) is -3.77. The van der Waals surface area contributed by atoms with Crippen LogP contribution in [0.2, 0.25) is 0 Å². The Bertz CT molecular complexity index is 1440. The monoisotopic (exact) mass is 638 g/mol. The molecule has 2 fully saturated rings. The molecule has 2 aromatic heterocycles. The van der Waals surface area contributed by atoms with Gasteiger partial charge in [0.05, 0.1) is 23.8 Å². The zero-order valence-electron chi connectivity index (χ0n) is 24.3. The third-order valence-electron chi connectivity index (χ3n) is 8.25. The van der Waals surface area contributed by atoms with Crippen LogP contribution in [0.15, 0.2) is 41.9 Å². The van der Waals surface area contributed by atoms with Crippen molar-refractivity contribution in [2.45, 2.75) is 75.5 Å². The van der Waals surface area contributed by atoms with Crippen LogP contribution in [-0.2, 0) is 11.0 Å². The van der Waals surface area contributed by atoms with Crippen LogP contribution in [0.1, 0.15) is 73.5 Å². The van der Waals surface area contributed by atoms with Crippen LogP contribution < -0.4 is 10.2 Å². The summed E-state index contributed by atoms with van der Waals surface area (Å²) in [6, 6.07) is 5.68. The van der Waals surface area contributed by atoms with Crippen LogP contribution in [0.3, 0.4) is 0 Å². The lowest BCUT2D eigenvalue weighted by Crippen LogP contribution is -2.46. The molecule has 2 aliphatic rings. The first-order valence-corrected chi connectivity index (χ1v) is 15.6. The fourth-order valence-electron chi connectivity index (χ4n) is 5.98. The number of thiazole rings is 1. The third-order valence-corrected chi connectivity index (χ3v) is 9.10. The normalized spacial score (nSPS) is 18.3. The molecule has 3 aromatic rings. The van der Waals surface area contributed by atoms with Gasteiger partial charge in [0.2, 0.25) is 5.91 Å². The van der Waals surface area contributed by atoms with Crippen molar-refractivity contribution in [2.24, 2.45) is 0 Å². The predicted molar refractivity (Wildman–Crippen MR) is 157 cm³/mol. The molecule has 3 heterocycles. The quantitative estimate of drug-likeness (QED) is 0.260. The molecule has 0 radical (unpaired) electrons. The lowest BCUT2D eigenvalue weighted by atomic mass is 10.0. The average Bonchev–Trinajstić information content (AvgIpc) is 3.76. The van der Waals surface area contributed by atoms with Crippen LogP contribution >= 0.6 is 11.3 Å². The molecule has 0 unspecified atom stereocenters. The standard InChI is InChI=1S/C30H35F5N6O2S/c1-39(28-36-13-16-44-28)26(42)17-20(11-15-40-14-6-12-29(31,32)19-40)37-27(43)24-18-25(41(38-24)21-7-2-3-8-21)22-9-4-5-10-23(22)30(33,34)35/h4-5,9-10,13,16,18,20-21H,2-3,6-8,11-12,14-15,17,19H2,1H3,(H,37,43)/t20-/m0/s1. The summed E-state index contributed by atoms with van der Waals surface area (Å²) in [4.78, 5) is 33.9. The fraction of sp³-hybridized carbons (Fsp3) is 0.533. The average molecular weight is 639 g/mol. The van der Waals surface area contributed by atoms with Crippen LogP contribution in [0.5, 0.6) is 0 Å². The Morgan fingerprint density at radius 1 is 1.18 bits per heavy atom. The minimum atomic E-state index is -4.61. The summed E-state index contributed by atoms with van der Waals surface area (Å²) in [5, 5.41) is 9.53. The molecular formula is C30H35F5N6O2S. The highest BCUT2D eigenvalue weighted by Gasteiger charge is 2.37. The second-order valence-electron chi connectivity index (χ2n) is 11.5. The van der Waals surface area contributed by atoms with Crippen molar-refractivity contribution in [3.8, 4) is 11.3 Å². The van der Waals surface area contributed by atoms with E-state index in [2.05, 4.69) is 15.4 Å². The number of anilines is 1. The van der Waals surface area contributed by atoms with Gasteiger partial charge in [-0.25, -0.2) is 13.8 Å². The number of aromatic nitrogens is 3. The predicted octanol–water partition coefficient (Wildman–Crippen LogP) is 6.41. The van der Waals surface area contributed by atoms with Crippen molar-refractivity contribution in [3.05, 3.63) is 53.2 Å². The van der Waals surface area contributed by atoms with Gasteiger partial charge < -0.3 is 5.32 Å². The Kier molecular flexibility index (Phi) is 9.68.